The predicted octanol–water partition coefficient (Wildman–Crippen LogP) is 2.52. The zero-order valence-corrected chi connectivity index (χ0v) is 12.9. The van der Waals surface area contributed by atoms with Gasteiger partial charge in [-0.1, -0.05) is 13.3 Å². The number of carboxylic acid groups (broad SMARTS) is 1. The number of hydrogen-bond donors (Lipinski definition) is 2. The molecule has 1 unspecified atom stereocenters. The molecule has 0 saturated heterocycles. The lowest BCUT2D eigenvalue weighted by molar-refractivity contribution is -0.138. The van der Waals surface area contributed by atoms with Crippen molar-refractivity contribution in [3.8, 4) is 0 Å². The number of carbonyl (C=O) groups excluding carboxylic acids is 1. The maximum atomic E-state index is 11.9. The zero-order valence-electron chi connectivity index (χ0n) is 12.9. The maximum absolute atomic E-state index is 11.9. The van der Waals surface area contributed by atoms with E-state index in [1.54, 1.807) is 12.1 Å². The van der Waals surface area contributed by atoms with Crippen molar-refractivity contribution >= 4 is 17.6 Å². The minimum atomic E-state index is -1.04. The molecule has 1 aromatic carbocycles. The zero-order chi connectivity index (χ0) is 15.8. The van der Waals surface area contributed by atoms with Crippen LogP contribution in [0.25, 0.3) is 0 Å². The second-order valence-corrected chi connectivity index (χ2v) is 5.01. The molecule has 0 radical (unpaired) electrons. The largest absolute Gasteiger partial charge is 0.480 e. The minimum absolute atomic E-state index is 0.368. The molecule has 1 amide bonds. The fraction of sp³-hybridized carbons (Fsp3) is 0.500. The first-order chi connectivity index (χ1) is 9.99. The van der Waals surface area contributed by atoms with E-state index in [0.29, 0.717) is 5.56 Å². The van der Waals surface area contributed by atoms with Gasteiger partial charge in [0.25, 0.3) is 5.91 Å². The van der Waals surface area contributed by atoms with Crippen LogP contribution in [0.1, 0.15) is 44.0 Å². The van der Waals surface area contributed by atoms with Gasteiger partial charge in [-0.2, -0.15) is 0 Å². The van der Waals surface area contributed by atoms with E-state index in [1.807, 2.05) is 12.1 Å². The van der Waals surface area contributed by atoms with E-state index in [1.165, 1.54) is 6.92 Å². The van der Waals surface area contributed by atoms with E-state index in [4.69, 9.17) is 5.11 Å². The van der Waals surface area contributed by atoms with Crippen LogP contribution in [0.4, 0.5) is 5.69 Å². The third kappa shape index (κ3) is 5.10. The van der Waals surface area contributed by atoms with Crippen LogP contribution in [-0.2, 0) is 4.79 Å². The molecule has 0 aliphatic heterocycles. The first kappa shape index (κ1) is 17.0. The lowest BCUT2D eigenvalue weighted by atomic mass is 10.1. The summed E-state index contributed by atoms with van der Waals surface area (Å²) >= 11 is 0. The molecule has 5 heteroatoms. The van der Waals surface area contributed by atoms with Crippen molar-refractivity contribution < 1.29 is 14.7 Å². The quantitative estimate of drug-likeness (QED) is 0.772. The highest BCUT2D eigenvalue weighted by atomic mass is 16.4. The van der Waals surface area contributed by atoms with E-state index in [-0.39, 0.29) is 5.91 Å². The van der Waals surface area contributed by atoms with Gasteiger partial charge in [0.2, 0.25) is 0 Å². The van der Waals surface area contributed by atoms with Crippen LogP contribution >= 0.6 is 0 Å². The van der Waals surface area contributed by atoms with Crippen molar-refractivity contribution in [1.29, 1.82) is 0 Å². The van der Waals surface area contributed by atoms with Gasteiger partial charge in [-0.25, -0.2) is 0 Å². The van der Waals surface area contributed by atoms with E-state index >= 15 is 0 Å². The van der Waals surface area contributed by atoms with E-state index < -0.39 is 12.0 Å². The van der Waals surface area contributed by atoms with Gasteiger partial charge in [-0.3, -0.25) is 9.59 Å². The summed E-state index contributed by atoms with van der Waals surface area (Å²) in [6.07, 6.45) is 2.27. The Balaban J connectivity index is 2.72. The Bertz CT molecular complexity index is 471. The van der Waals surface area contributed by atoms with Crippen LogP contribution in [0.3, 0.4) is 0 Å². The molecule has 0 aliphatic carbocycles. The summed E-state index contributed by atoms with van der Waals surface area (Å²) in [4.78, 5) is 24.9. The lowest BCUT2D eigenvalue weighted by Crippen LogP contribution is -2.38. The van der Waals surface area contributed by atoms with E-state index in [9.17, 15) is 9.59 Å². The summed E-state index contributed by atoms with van der Waals surface area (Å²) in [5, 5.41) is 11.2. The molecule has 0 heterocycles. The topological polar surface area (TPSA) is 69.6 Å². The highest BCUT2D eigenvalue weighted by Gasteiger charge is 2.15. The molecular weight excluding hydrogens is 268 g/mol. The highest BCUT2D eigenvalue weighted by molar-refractivity contribution is 5.96. The van der Waals surface area contributed by atoms with Crippen molar-refractivity contribution in [2.45, 2.75) is 39.7 Å². The number of hydrogen-bond acceptors (Lipinski definition) is 3. The average Bonchev–Trinajstić information content (AvgIpc) is 2.48. The Morgan fingerprint density at radius 3 is 2.33 bits per heavy atom. The van der Waals surface area contributed by atoms with Gasteiger partial charge in [-0.05, 0) is 44.5 Å². The number of amides is 1. The monoisotopic (exact) mass is 292 g/mol. The molecule has 116 valence electrons. The number of anilines is 1. The van der Waals surface area contributed by atoms with Crippen LogP contribution in [0.2, 0.25) is 0 Å². The standard InChI is InChI=1S/C16H24N2O3/c1-4-6-11-18(5-2)14-9-7-13(8-10-14)15(19)17-12(3)16(20)21/h7-10,12H,4-6,11H2,1-3H3,(H,17,19)(H,20,21). The second-order valence-electron chi connectivity index (χ2n) is 5.01. The fourth-order valence-corrected chi connectivity index (χ4v) is 1.98. The summed E-state index contributed by atoms with van der Waals surface area (Å²) in [6, 6.07) is 6.37. The third-order valence-electron chi connectivity index (χ3n) is 3.38. The average molecular weight is 292 g/mol. The van der Waals surface area contributed by atoms with Crippen molar-refractivity contribution in [3.05, 3.63) is 29.8 Å². The Labute approximate surface area is 126 Å². The van der Waals surface area contributed by atoms with E-state index in [0.717, 1.165) is 31.6 Å². The Hall–Kier alpha value is -2.04. The molecule has 1 aromatic rings. The summed E-state index contributed by atoms with van der Waals surface area (Å²) in [5.74, 6) is -1.41. The number of benzene rings is 1. The van der Waals surface area contributed by atoms with Gasteiger partial charge in [0.1, 0.15) is 6.04 Å². The van der Waals surface area contributed by atoms with Crippen molar-refractivity contribution in [1.82, 2.24) is 5.32 Å². The van der Waals surface area contributed by atoms with Gasteiger partial charge in [0, 0.05) is 24.3 Å². The molecule has 1 rings (SSSR count). The Morgan fingerprint density at radius 1 is 1.24 bits per heavy atom. The molecule has 0 spiro atoms. The van der Waals surface area contributed by atoms with Crippen LogP contribution in [0.5, 0.6) is 0 Å². The van der Waals surface area contributed by atoms with Crippen LogP contribution < -0.4 is 10.2 Å². The van der Waals surface area contributed by atoms with Gasteiger partial charge >= 0.3 is 5.97 Å². The first-order valence-electron chi connectivity index (χ1n) is 7.38. The number of rotatable bonds is 8. The SMILES string of the molecule is CCCCN(CC)c1ccc(C(=O)NC(C)C(=O)O)cc1. The molecule has 1 atom stereocenters. The molecule has 0 bridgehead atoms. The van der Waals surface area contributed by atoms with Gasteiger partial charge in [0.05, 0.1) is 0 Å². The Kier molecular flexibility index (Phi) is 6.72. The maximum Gasteiger partial charge on any atom is 0.325 e. The molecule has 0 aliphatic rings. The third-order valence-corrected chi connectivity index (χ3v) is 3.38. The number of aliphatic carboxylic acids is 1. The normalized spacial score (nSPS) is 11.8. The van der Waals surface area contributed by atoms with Gasteiger partial charge in [0.15, 0.2) is 0 Å². The van der Waals surface area contributed by atoms with Crippen molar-refractivity contribution in [2.24, 2.45) is 0 Å². The number of carboxylic acids is 1. The van der Waals surface area contributed by atoms with Crippen LogP contribution in [0.15, 0.2) is 24.3 Å². The van der Waals surface area contributed by atoms with Gasteiger partial charge < -0.3 is 15.3 Å². The van der Waals surface area contributed by atoms with E-state index in [2.05, 4.69) is 24.1 Å². The predicted molar refractivity (Wildman–Crippen MR) is 83.8 cm³/mol. The number of nitrogens with zero attached hydrogens (tertiary/aromatic N) is 1. The highest BCUT2D eigenvalue weighted by Crippen LogP contribution is 2.16. The summed E-state index contributed by atoms with van der Waals surface area (Å²) in [6.45, 7) is 7.62. The number of carbonyl (C=O) groups is 2. The fourth-order valence-electron chi connectivity index (χ4n) is 1.98. The van der Waals surface area contributed by atoms with Crippen LogP contribution in [0, 0.1) is 0 Å². The lowest BCUT2D eigenvalue weighted by Gasteiger charge is -2.23. The number of unbranched alkanes of at least 4 members (excludes halogenated alkanes) is 1. The molecular formula is C16H24N2O3. The summed E-state index contributed by atoms with van der Waals surface area (Å²) in [5.41, 5.74) is 1.55. The molecule has 2 N–H and O–H groups in total. The molecule has 0 fully saturated rings. The molecule has 21 heavy (non-hydrogen) atoms. The molecule has 0 aromatic heterocycles. The second kappa shape index (κ2) is 8.29. The summed E-state index contributed by atoms with van der Waals surface area (Å²) < 4.78 is 0. The first-order valence-corrected chi connectivity index (χ1v) is 7.38. The van der Waals surface area contributed by atoms with Crippen LogP contribution in [-0.4, -0.2) is 36.1 Å². The summed E-state index contributed by atoms with van der Waals surface area (Å²) in [7, 11) is 0. The molecule has 0 saturated carbocycles. The smallest absolute Gasteiger partial charge is 0.325 e. The van der Waals surface area contributed by atoms with Crippen molar-refractivity contribution in [3.63, 3.8) is 0 Å². The Morgan fingerprint density at radius 2 is 1.86 bits per heavy atom. The number of nitrogens with one attached hydrogen (secondary N) is 1. The minimum Gasteiger partial charge on any atom is -0.480 e. The van der Waals surface area contributed by atoms with Crippen molar-refractivity contribution in [2.75, 3.05) is 18.0 Å². The van der Waals surface area contributed by atoms with Gasteiger partial charge in [-0.15, -0.1) is 0 Å². The molecule has 5 nitrogen and oxygen atoms in total.